The lowest BCUT2D eigenvalue weighted by Gasteiger charge is -2.00. The Hall–Kier alpha value is -3.02. The maximum atomic E-state index is 12.9. The molecule has 0 aliphatic carbocycles. The van der Waals surface area contributed by atoms with E-state index in [1.54, 1.807) is 18.2 Å². The third kappa shape index (κ3) is 3.79. The molecule has 0 aliphatic rings. The number of rotatable bonds is 4. The summed E-state index contributed by atoms with van der Waals surface area (Å²) in [6.07, 6.45) is 1.54. The van der Waals surface area contributed by atoms with Crippen LogP contribution in [0, 0.1) is 19.7 Å². The first-order chi connectivity index (χ1) is 11.1. The number of furan rings is 1. The molecule has 5 nitrogen and oxygen atoms in total. The average Bonchev–Trinajstić information content (AvgIpc) is 2.96. The molecule has 1 N–H and O–H groups in total. The van der Waals surface area contributed by atoms with Gasteiger partial charge in [-0.15, -0.1) is 0 Å². The van der Waals surface area contributed by atoms with Crippen LogP contribution >= 0.6 is 0 Å². The van der Waals surface area contributed by atoms with Crippen molar-refractivity contribution in [1.82, 2.24) is 9.97 Å². The van der Waals surface area contributed by atoms with Gasteiger partial charge >= 0.3 is 0 Å². The largest absolute Gasteiger partial charge is 0.455 e. The summed E-state index contributed by atoms with van der Waals surface area (Å²) in [5.41, 5.74) is 5.31. The predicted molar refractivity (Wildman–Crippen MR) is 86.8 cm³/mol. The Morgan fingerprint density at radius 1 is 1.04 bits per heavy atom. The molecule has 0 bridgehead atoms. The molecule has 0 saturated carbocycles. The molecule has 23 heavy (non-hydrogen) atoms. The molecule has 0 amide bonds. The summed E-state index contributed by atoms with van der Waals surface area (Å²) in [6, 6.07) is 11.6. The molecule has 0 spiro atoms. The average molecular weight is 310 g/mol. The van der Waals surface area contributed by atoms with Gasteiger partial charge in [0.2, 0.25) is 5.95 Å². The third-order valence-electron chi connectivity index (χ3n) is 3.09. The minimum absolute atomic E-state index is 0.278. The van der Waals surface area contributed by atoms with E-state index in [0.29, 0.717) is 17.5 Å². The van der Waals surface area contributed by atoms with Crippen molar-refractivity contribution < 1.29 is 8.81 Å². The number of halogens is 1. The molecule has 116 valence electrons. The van der Waals surface area contributed by atoms with Gasteiger partial charge in [0.25, 0.3) is 0 Å². The number of nitrogens with one attached hydrogen (secondary N) is 1. The Morgan fingerprint density at radius 3 is 2.43 bits per heavy atom. The molecule has 0 unspecified atom stereocenters. The van der Waals surface area contributed by atoms with Gasteiger partial charge in [-0.25, -0.2) is 19.8 Å². The lowest BCUT2D eigenvalue weighted by Crippen LogP contribution is -1.99. The van der Waals surface area contributed by atoms with Gasteiger partial charge < -0.3 is 4.42 Å². The molecule has 2 aromatic heterocycles. The van der Waals surface area contributed by atoms with Crippen LogP contribution in [0.2, 0.25) is 0 Å². The Bertz CT molecular complexity index is 820. The van der Waals surface area contributed by atoms with Crippen LogP contribution < -0.4 is 5.43 Å². The fraction of sp³-hybridized carbons (Fsp3) is 0.118. The number of anilines is 1. The number of hydrogen-bond acceptors (Lipinski definition) is 5. The molecule has 3 aromatic rings. The van der Waals surface area contributed by atoms with E-state index in [4.69, 9.17) is 4.42 Å². The van der Waals surface area contributed by atoms with Crippen LogP contribution in [0.3, 0.4) is 0 Å². The topological polar surface area (TPSA) is 63.3 Å². The van der Waals surface area contributed by atoms with Gasteiger partial charge in [-0.05, 0) is 56.3 Å². The number of aromatic nitrogens is 2. The van der Waals surface area contributed by atoms with E-state index in [0.717, 1.165) is 17.0 Å². The summed E-state index contributed by atoms with van der Waals surface area (Å²) >= 11 is 0. The highest BCUT2D eigenvalue weighted by Crippen LogP contribution is 2.21. The zero-order valence-electron chi connectivity index (χ0n) is 12.7. The zero-order chi connectivity index (χ0) is 16.2. The highest BCUT2D eigenvalue weighted by Gasteiger charge is 2.03. The molecule has 0 fully saturated rings. The molecule has 1 aromatic carbocycles. The lowest BCUT2D eigenvalue weighted by molar-refractivity contribution is 0.574. The maximum Gasteiger partial charge on any atom is 0.243 e. The van der Waals surface area contributed by atoms with Gasteiger partial charge in [-0.2, -0.15) is 5.10 Å². The first-order valence-electron chi connectivity index (χ1n) is 7.07. The smallest absolute Gasteiger partial charge is 0.243 e. The summed E-state index contributed by atoms with van der Waals surface area (Å²) in [5.74, 6) is 1.37. The molecule has 2 heterocycles. The van der Waals surface area contributed by atoms with Crippen molar-refractivity contribution in [3.05, 3.63) is 65.4 Å². The van der Waals surface area contributed by atoms with Crippen LogP contribution in [0.1, 0.15) is 17.1 Å². The number of aryl methyl sites for hydroxylation is 2. The summed E-state index contributed by atoms with van der Waals surface area (Å²) in [4.78, 5) is 8.45. The fourth-order valence-corrected chi connectivity index (χ4v) is 2.12. The van der Waals surface area contributed by atoms with Gasteiger partial charge in [-0.1, -0.05) is 0 Å². The summed E-state index contributed by atoms with van der Waals surface area (Å²) in [6.45, 7) is 3.79. The summed E-state index contributed by atoms with van der Waals surface area (Å²) < 4.78 is 18.6. The summed E-state index contributed by atoms with van der Waals surface area (Å²) in [7, 11) is 0. The van der Waals surface area contributed by atoms with Crippen molar-refractivity contribution in [3.63, 3.8) is 0 Å². The van der Waals surface area contributed by atoms with Crippen molar-refractivity contribution in [1.29, 1.82) is 0 Å². The van der Waals surface area contributed by atoms with Crippen LogP contribution in [0.25, 0.3) is 11.3 Å². The van der Waals surface area contributed by atoms with E-state index < -0.39 is 0 Å². The van der Waals surface area contributed by atoms with E-state index >= 15 is 0 Å². The minimum atomic E-state index is -0.278. The Labute approximate surface area is 132 Å². The van der Waals surface area contributed by atoms with Crippen molar-refractivity contribution in [2.24, 2.45) is 5.10 Å². The fourth-order valence-electron chi connectivity index (χ4n) is 2.12. The molecule has 0 aliphatic heterocycles. The third-order valence-corrected chi connectivity index (χ3v) is 3.09. The quantitative estimate of drug-likeness (QED) is 0.585. The van der Waals surface area contributed by atoms with Crippen molar-refractivity contribution in [3.8, 4) is 11.3 Å². The monoisotopic (exact) mass is 310 g/mol. The number of nitrogens with zero attached hydrogens (tertiary/aromatic N) is 3. The normalized spacial score (nSPS) is 11.1. The summed E-state index contributed by atoms with van der Waals surface area (Å²) in [5, 5.41) is 4.06. The second-order valence-electron chi connectivity index (χ2n) is 5.05. The molecule has 0 atom stereocenters. The zero-order valence-corrected chi connectivity index (χ0v) is 12.7. The Balaban J connectivity index is 1.70. The van der Waals surface area contributed by atoms with Crippen LogP contribution in [-0.2, 0) is 0 Å². The molecule has 0 radical (unpaired) electrons. The SMILES string of the molecule is Cc1cc(C)nc(N/N=C/c2ccc(-c3ccc(F)cc3)o2)n1. The van der Waals surface area contributed by atoms with Gasteiger partial charge in [0.15, 0.2) is 0 Å². The van der Waals surface area contributed by atoms with Gasteiger partial charge in [0.1, 0.15) is 17.3 Å². The van der Waals surface area contributed by atoms with Crippen LogP contribution in [0.4, 0.5) is 10.3 Å². The maximum absolute atomic E-state index is 12.9. The Morgan fingerprint density at radius 2 is 1.74 bits per heavy atom. The second kappa shape index (κ2) is 6.39. The molecule has 3 rings (SSSR count). The van der Waals surface area contributed by atoms with Crippen LogP contribution in [-0.4, -0.2) is 16.2 Å². The first-order valence-corrected chi connectivity index (χ1v) is 7.07. The predicted octanol–water partition coefficient (Wildman–Crippen LogP) is 3.94. The van der Waals surface area contributed by atoms with Crippen molar-refractivity contribution >= 4 is 12.2 Å². The lowest BCUT2D eigenvalue weighted by atomic mass is 10.2. The van der Waals surface area contributed by atoms with Gasteiger partial charge in [-0.3, -0.25) is 0 Å². The minimum Gasteiger partial charge on any atom is -0.455 e. The Kier molecular flexibility index (Phi) is 4.14. The van der Waals surface area contributed by atoms with E-state index in [9.17, 15) is 4.39 Å². The molecule has 0 saturated heterocycles. The van der Waals surface area contributed by atoms with E-state index in [-0.39, 0.29) is 5.82 Å². The van der Waals surface area contributed by atoms with Gasteiger partial charge in [0, 0.05) is 17.0 Å². The highest BCUT2D eigenvalue weighted by molar-refractivity contribution is 5.77. The van der Waals surface area contributed by atoms with E-state index in [1.165, 1.54) is 18.3 Å². The van der Waals surface area contributed by atoms with E-state index in [2.05, 4.69) is 20.5 Å². The number of hydrogen-bond donors (Lipinski definition) is 1. The van der Waals surface area contributed by atoms with Crippen LogP contribution in [0.5, 0.6) is 0 Å². The number of hydrazone groups is 1. The van der Waals surface area contributed by atoms with Gasteiger partial charge in [0.05, 0.1) is 6.21 Å². The first kappa shape index (κ1) is 14.9. The highest BCUT2D eigenvalue weighted by atomic mass is 19.1. The standard InChI is InChI=1S/C17H15FN4O/c1-11-9-12(2)21-17(20-11)22-19-10-15-7-8-16(23-15)13-3-5-14(18)6-4-13/h3-10H,1-2H3,(H,20,21,22)/b19-10+. The van der Waals surface area contributed by atoms with Crippen molar-refractivity contribution in [2.45, 2.75) is 13.8 Å². The van der Waals surface area contributed by atoms with E-state index in [1.807, 2.05) is 26.0 Å². The number of benzene rings is 1. The second-order valence-corrected chi connectivity index (χ2v) is 5.05. The molecule has 6 heteroatoms. The molecular weight excluding hydrogens is 295 g/mol. The van der Waals surface area contributed by atoms with Crippen LogP contribution in [0.15, 0.2) is 52.0 Å². The molecular formula is C17H15FN4O. The van der Waals surface area contributed by atoms with Crippen molar-refractivity contribution in [2.75, 3.05) is 5.43 Å².